The van der Waals surface area contributed by atoms with Crippen molar-refractivity contribution in [2.24, 2.45) is 13.0 Å². The predicted octanol–water partition coefficient (Wildman–Crippen LogP) is 3.07. The van der Waals surface area contributed by atoms with Crippen LogP contribution in [0.25, 0.3) is 0 Å². The molecule has 1 unspecified atom stereocenters. The van der Waals surface area contributed by atoms with Gasteiger partial charge in [-0.1, -0.05) is 30.7 Å². The Morgan fingerprint density at radius 2 is 2.28 bits per heavy atom. The fourth-order valence-corrected chi connectivity index (χ4v) is 3.56. The molecule has 1 aliphatic rings. The first-order chi connectivity index (χ1) is 11.6. The van der Waals surface area contributed by atoms with Crippen LogP contribution in [0.15, 0.2) is 36.7 Å². The minimum absolute atomic E-state index is 0. The van der Waals surface area contributed by atoms with Gasteiger partial charge in [0.05, 0.1) is 18.2 Å². The highest BCUT2D eigenvalue weighted by atomic mass is 35.5. The molecule has 2 aromatic rings. The largest absolute Gasteiger partial charge is 0.349 e. The zero-order valence-electron chi connectivity index (χ0n) is 14.4. The summed E-state index contributed by atoms with van der Waals surface area (Å²) in [5, 5.41) is 11.4. The predicted molar refractivity (Wildman–Crippen MR) is 102 cm³/mol. The van der Waals surface area contributed by atoms with Gasteiger partial charge in [-0.25, -0.2) is 0 Å². The fourth-order valence-electron chi connectivity index (χ4n) is 3.36. The molecule has 0 saturated carbocycles. The maximum Gasteiger partial charge on any atom is 0.225 e. The van der Waals surface area contributed by atoms with E-state index in [2.05, 4.69) is 22.7 Å². The summed E-state index contributed by atoms with van der Waals surface area (Å²) in [6.07, 6.45) is 4.67. The van der Waals surface area contributed by atoms with Gasteiger partial charge in [0.2, 0.25) is 5.91 Å². The van der Waals surface area contributed by atoms with E-state index in [0.717, 1.165) is 24.1 Å². The van der Waals surface area contributed by atoms with Crippen molar-refractivity contribution in [3.05, 3.63) is 52.8 Å². The summed E-state index contributed by atoms with van der Waals surface area (Å²) in [7, 11) is 1.90. The number of nitrogens with zero attached hydrogens (tertiary/aromatic N) is 2. The first-order valence-corrected chi connectivity index (χ1v) is 8.71. The van der Waals surface area contributed by atoms with E-state index in [1.54, 1.807) is 4.68 Å². The highest BCUT2D eigenvalue weighted by Crippen LogP contribution is 2.29. The summed E-state index contributed by atoms with van der Waals surface area (Å²) in [6, 6.07) is 7.67. The number of carbonyl (C=O) groups excluding carboxylic acids is 1. The molecule has 3 atom stereocenters. The van der Waals surface area contributed by atoms with Crippen molar-refractivity contribution in [1.82, 2.24) is 20.4 Å². The molecule has 1 amide bonds. The molecule has 1 aromatic carbocycles. The van der Waals surface area contributed by atoms with Crippen LogP contribution < -0.4 is 10.6 Å². The van der Waals surface area contributed by atoms with Crippen LogP contribution in [0.3, 0.4) is 0 Å². The number of halogens is 2. The summed E-state index contributed by atoms with van der Waals surface area (Å²) in [5.41, 5.74) is 2.15. The Hall–Kier alpha value is -1.56. The van der Waals surface area contributed by atoms with Crippen LogP contribution in [0, 0.1) is 5.92 Å². The van der Waals surface area contributed by atoms with Gasteiger partial charge in [0.15, 0.2) is 0 Å². The van der Waals surface area contributed by atoms with E-state index < -0.39 is 0 Å². The number of benzene rings is 1. The molecule has 2 N–H and O–H groups in total. The zero-order valence-corrected chi connectivity index (χ0v) is 16.0. The number of nitrogens with one attached hydrogen (secondary N) is 2. The Morgan fingerprint density at radius 3 is 2.92 bits per heavy atom. The molecule has 0 radical (unpaired) electrons. The fraction of sp³-hybridized carbons (Fsp3) is 0.444. The number of aromatic nitrogens is 2. The number of hydrogen-bond donors (Lipinski definition) is 2. The number of hydrogen-bond acceptors (Lipinski definition) is 3. The lowest BCUT2D eigenvalue weighted by Gasteiger charge is -2.22. The Morgan fingerprint density at radius 1 is 1.48 bits per heavy atom. The van der Waals surface area contributed by atoms with Gasteiger partial charge in [0.1, 0.15) is 0 Å². The van der Waals surface area contributed by atoms with E-state index in [1.165, 1.54) is 0 Å². The van der Waals surface area contributed by atoms with E-state index in [-0.39, 0.29) is 36.2 Å². The average molecular weight is 383 g/mol. The molecule has 2 heterocycles. The molecule has 0 aliphatic carbocycles. The Labute approximate surface area is 159 Å². The van der Waals surface area contributed by atoms with E-state index >= 15 is 0 Å². The van der Waals surface area contributed by atoms with E-state index in [9.17, 15) is 4.79 Å². The molecule has 136 valence electrons. The molecular weight excluding hydrogens is 359 g/mol. The van der Waals surface area contributed by atoms with Crippen molar-refractivity contribution >= 4 is 29.9 Å². The second kappa shape index (κ2) is 8.70. The SMILES string of the molecule is CCC(NC(=O)[C@H]1CNC[C@@H]1c1cnn(C)c1)c1cccc(Cl)c1.Cl. The van der Waals surface area contributed by atoms with E-state index in [4.69, 9.17) is 11.6 Å². The first-order valence-electron chi connectivity index (χ1n) is 8.33. The van der Waals surface area contributed by atoms with Crippen LogP contribution in [0.4, 0.5) is 0 Å². The van der Waals surface area contributed by atoms with Crippen molar-refractivity contribution in [3.63, 3.8) is 0 Å². The van der Waals surface area contributed by atoms with Crippen molar-refractivity contribution < 1.29 is 4.79 Å². The molecule has 1 aliphatic heterocycles. The van der Waals surface area contributed by atoms with Crippen LogP contribution >= 0.6 is 24.0 Å². The first kappa shape index (κ1) is 19.8. The molecule has 0 bridgehead atoms. The maximum absolute atomic E-state index is 12.9. The number of rotatable bonds is 5. The van der Waals surface area contributed by atoms with Gasteiger partial charge in [-0.15, -0.1) is 12.4 Å². The molecule has 25 heavy (non-hydrogen) atoms. The van der Waals surface area contributed by atoms with Gasteiger partial charge < -0.3 is 10.6 Å². The minimum atomic E-state index is -0.0811. The standard InChI is InChI=1S/C18H23ClN4O.ClH/c1-3-17(12-5-4-6-14(19)7-12)22-18(24)16-10-20-9-15(16)13-8-21-23(2)11-13;/h4-8,11,15-17,20H,3,9-10H2,1-2H3,(H,22,24);1H/t15-,16+,17?;/m1./s1. The third kappa shape index (κ3) is 4.54. The van der Waals surface area contributed by atoms with Gasteiger partial charge in [-0.05, 0) is 29.7 Å². The molecule has 1 saturated heterocycles. The van der Waals surface area contributed by atoms with Gasteiger partial charge >= 0.3 is 0 Å². The molecule has 1 fully saturated rings. The van der Waals surface area contributed by atoms with E-state index in [0.29, 0.717) is 11.6 Å². The molecule has 0 spiro atoms. The smallest absolute Gasteiger partial charge is 0.225 e. The topological polar surface area (TPSA) is 59.0 Å². The second-order valence-corrected chi connectivity index (χ2v) is 6.78. The van der Waals surface area contributed by atoms with E-state index in [1.807, 2.05) is 43.7 Å². The monoisotopic (exact) mass is 382 g/mol. The second-order valence-electron chi connectivity index (χ2n) is 6.34. The highest BCUT2D eigenvalue weighted by Gasteiger charge is 2.35. The molecule has 1 aromatic heterocycles. The van der Waals surface area contributed by atoms with Gasteiger partial charge in [-0.3, -0.25) is 9.48 Å². The lowest BCUT2D eigenvalue weighted by atomic mass is 9.89. The third-order valence-electron chi connectivity index (χ3n) is 4.68. The number of aryl methyl sites for hydroxylation is 1. The Bertz CT molecular complexity index is 719. The van der Waals surface area contributed by atoms with Crippen LogP contribution in [0.1, 0.15) is 36.4 Å². The van der Waals surface area contributed by atoms with Crippen molar-refractivity contribution in [2.75, 3.05) is 13.1 Å². The average Bonchev–Trinajstić information content (AvgIpc) is 3.20. The Kier molecular flexibility index (Phi) is 6.87. The van der Waals surface area contributed by atoms with Crippen LogP contribution in [-0.2, 0) is 11.8 Å². The molecule has 5 nitrogen and oxygen atoms in total. The van der Waals surface area contributed by atoms with Gasteiger partial charge in [0, 0.05) is 37.3 Å². The Balaban J connectivity index is 0.00000225. The van der Waals surface area contributed by atoms with Crippen LogP contribution in [0.2, 0.25) is 5.02 Å². The van der Waals surface area contributed by atoms with Gasteiger partial charge in [0.25, 0.3) is 0 Å². The third-order valence-corrected chi connectivity index (χ3v) is 4.91. The summed E-state index contributed by atoms with van der Waals surface area (Å²) in [5.74, 6) is 0.165. The lowest BCUT2D eigenvalue weighted by Crippen LogP contribution is -2.36. The molecule has 7 heteroatoms. The molecular formula is C18H24Cl2N4O. The van der Waals surface area contributed by atoms with Crippen molar-refractivity contribution in [2.45, 2.75) is 25.3 Å². The van der Waals surface area contributed by atoms with Crippen LogP contribution in [0.5, 0.6) is 0 Å². The minimum Gasteiger partial charge on any atom is -0.349 e. The van der Waals surface area contributed by atoms with Crippen LogP contribution in [-0.4, -0.2) is 28.8 Å². The number of carbonyl (C=O) groups is 1. The highest BCUT2D eigenvalue weighted by molar-refractivity contribution is 6.30. The van der Waals surface area contributed by atoms with Crippen molar-refractivity contribution in [3.8, 4) is 0 Å². The maximum atomic E-state index is 12.9. The lowest BCUT2D eigenvalue weighted by molar-refractivity contribution is -0.125. The quantitative estimate of drug-likeness (QED) is 0.835. The summed E-state index contributed by atoms with van der Waals surface area (Å²) in [6.45, 7) is 3.56. The van der Waals surface area contributed by atoms with Crippen molar-refractivity contribution in [1.29, 1.82) is 0 Å². The number of amides is 1. The summed E-state index contributed by atoms with van der Waals surface area (Å²) in [4.78, 5) is 12.9. The van der Waals surface area contributed by atoms with Gasteiger partial charge in [-0.2, -0.15) is 5.10 Å². The normalized spacial score (nSPS) is 20.8. The zero-order chi connectivity index (χ0) is 17.1. The molecule has 3 rings (SSSR count). The summed E-state index contributed by atoms with van der Waals surface area (Å²) < 4.78 is 1.78. The summed E-state index contributed by atoms with van der Waals surface area (Å²) >= 11 is 6.08.